The van der Waals surface area contributed by atoms with Crippen molar-refractivity contribution in [1.29, 1.82) is 0 Å². The van der Waals surface area contributed by atoms with Crippen molar-refractivity contribution in [2.24, 2.45) is 0 Å². The third-order valence-corrected chi connectivity index (χ3v) is 4.59. The number of ether oxygens (including phenoxy) is 1. The summed E-state index contributed by atoms with van der Waals surface area (Å²) >= 11 is 1.54. The summed E-state index contributed by atoms with van der Waals surface area (Å²) in [4.78, 5) is 13.2. The Bertz CT molecular complexity index is 1020. The van der Waals surface area contributed by atoms with Gasteiger partial charge in [-0.05, 0) is 25.1 Å². The number of halogens is 2. The number of fused-ring (bicyclic) bond motifs is 1. The Morgan fingerprint density at radius 3 is 2.59 bits per heavy atom. The minimum absolute atomic E-state index is 0. The summed E-state index contributed by atoms with van der Waals surface area (Å²) in [5.41, 5.74) is 2.98. The third-order valence-electron chi connectivity index (χ3n) is 3.71. The minimum atomic E-state index is 0. The van der Waals surface area contributed by atoms with E-state index in [-0.39, 0.29) is 24.8 Å². The Morgan fingerprint density at radius 1 is 1.00 bits per heavy atom. The highest BCUT2D eigenvalue weighted by Gasteiger charge is 2.09. The molecule has 0 atom stereocenters. The SMILES string of the molecule is Cc1csc(Nc2ncccc2OCc2cccc3cccnc23)n1.Cl.Cl. The lowest BCUT2D eigenvalue weighted by Crippen LogP contribution is -2.01. The molecule has 0 spiro atoms. The van der Waals surface area contributed by atoms with Gasteiger partial charge in [-0.25, -0.2) is 9.97 Å². The van der Waals surface area contributed by atoms with Crippen molar-refractivity contribution >= 4 is 58.0 Å². The van der Waals surface area contributed by atoms with E-state index in [2.05, 4.69) is 20.3 Å². The number of nitrogens with zero attached hydrogens (tertiary/aromatic N) is 3. The number of aromatic nitrogens is 3. The second-order valence-corrected chi connectivity index (χ2v) is 6.41. The molecule has 140 valence electrons. The van der Waals surface area contributed by atoms with Crippen molar-refractivity contribution < 1.29 is 4.74 Å². The zero-order chi connectivity index (χ0) is 17.1. The normalized spacial score (nSPS) is 9.96. The van der Waals surface area contributed by atoms with Crippen molar-refractivity contribution in [3.05, 3.63) is 71.5 Å². The summed E-state index contributed by atoms with van der Waals surface area (Å²) < 4.78 is 6.02. The van der Waals surface area contributed by atoms with Gasteiger partial charge in [0.1, 0.15) is 6.61 Å². The zero-order valence-corrected chi connectivity index (χ0v) is 16.9. The van der Waals surface area contributed by atoms with Crippen LogP contribution in [-0.4, -0.2) is 15.0 Å². The molecule has 0 fully saturated rings. The lowest BCUT2D eigenvalue weighted by Gasteiger charge is -2.12. The second-order valence-electron chi connectivity index (χ2n) is 5.55. The molecule has 4 rings (SSSR count). The quantitative estimate of drug-likeness (QED) is 0.457. The first-order chi connectivity index (χ1) is 12.3. The monoisotopic (exact) mass is 420 g/mol. The molecule has 27 heavy (non-hydrogen) atoms. The molecule has 0 aliphatic rings. The van der Waals surface area contributed by atoms with Gasteiger partial charge in [0, 0.05) is 28.7 Å². The highest BCUT2D eigenvalue weighted by molar-refractivity contribution is 7.13. The lowest BCUT2D eigenvalue weighted by molar-refractivity contribution is 0.308. The molecule has 0 unspecified atom stereocenters. The molecule has 0 saturated heterocycles. The first kappa shape index (κ1) is 20.9. The third kappa shape index (κ3) is 4.86. The number of para-hydroxylation sites is 1. The molecule has 1 N–H and O–H groups in total. The Morgan fingerprint density at radius 2 is 1.78 bits per heavy atom. The molecule has 3 aromatic heterocycles. The molecule has 0 saturated carbocycles. The summed E-state index contributed by atoms with van der Waals surface area (Å²) in [6, 6.07) is 13.8. The zero-order valence-electron chi connectivity index (χ0n) is 14.5. The maximum absolute atomic E-state index is 6.02. The van der Waals surface area contributed by atoms with Crippen molar-refractivity contribution in [3.8, 4) is 5.75 Å². The van der Waals surface area contributed by atoms with Crippen LogP contribution in [0, 0.1) is 6.92 Å². The van der Waals surface area contributed by atoms with E-state index in [0.717, 1.165) is 27.3 Å². The predicted octanol–water partition coefficient (Wildman–Crippen LogP) is 5.56. The highest BCUT2D eigenvalue weighted by atomic mass is 35.5. The Kier molecular flexibility index (Phi) is 7.36. The van der Waals surface area contributed by atoms with Crippen LogP contribution in [0.5, 0.6) is 5.75 Å². The smallest absolute Gasteiger partial charge is 0.188 e. The molecule has 5 nitrogen and oxygen atoms in total. The van der Waals surface area contributed by atoms with Crippen LogP contribution in [0.3, 0.4) is 0 Å². The van der Waals surface area contributed by atoms with E-state index >= 15 is 0 Å². The predicted molar refractivity (Wildman–Crippen MR) is 115 cm³/mol. The molecule has 0 aliphatic carbocycles. The van der Waals surface area contributed by atoms with E-state index < -0.39 is 0 Å². The number of anilines is 2. The van der Waals surface area contributed by atoms with Crippen LogP contribution in [0.1, 0.15) is 11.3 Å². The van der Waals surface area contributed by atoms with E-state index in [0.29, 0.717) is 18.2 Å². The molecular formula is C19H18Cl2N4OS. The van der Waals surface area contributed by atoms with Crippen LogP contribution in [0.2, 0.25) is 0 Å². The van der Waals surface area contributed by atoms with Crippen LogP contribution >= 0.6 is 36.2 Å². The van der Waals surface area contributed by atoms with Crippen LogP contribution in [0.4, 0.5) is 10.9 Å². The second kappa shape index (κ2) is 9.50. The van der Waals surface area contributed by atoms with Gasteiger partial charge in [0.15, 0.2) is 16.7 Å². The first-order valence-electron chi connectivity index (χ1n) is 7.89. The van der Waals surface area contributed by atoms with E-state index in [4.69, 9.17) is 4.74 Å². The molecule has 0 amide bonds. The number of aryl methyl sites for hydroxylation is 1. The average Bonchev–Trinajstić information content (AvgIpc) is 3.06. The fraction of sp³-hybridized carbons (Fsp3) is 0.105. The number of benzene rings is 1. The highest BCUT2D eigenvalue weighted by Crippen LogP contribution is 2.28. The lowest BCUT2D eigenvalue weighted by atomic mass is 10.1. The average molecular weight is 421 g/mol. The minimum Gasteiger partial charge on any atom is -0.485 e. The van der Waals surface area contributed by atoms with E-state index in [1.807, 2.05) is 54.8 Å². The van der Waals surface area contributed by atoms with Crippen LogP contribution in [-0.2, 0) is 6.61 Å². The Hall–Kier alpha value is -2.41. The number of nitrogens with one attached hydrogen (secondary N) is 1. The largest absolute Gasteiger partial charge is 0.485 e. The van der Waals surface area contributed by atoms with Gasteiger partial charge >= 0.3 is 0 Å². The van der Waals surface area contributed by atoms with Crippen molar-refractivity contribution in [2.75, 3.05) is 5.32 Å². The van der Waals surface area contributed by atoms with Gasteiger partial charge in [-0.1, -0.05) is 24.3 Å². The number of pyridine rings is 2. The summed E-state index contributed by atoms with van der Waals surface area (Å²) in [5.74, 6) is 1.34. The first-order valence-corrected chi connectivity index (χ1v) is 8.77. The van der Waals surface area contributed by atoms with Gasteiger partial charge < -0.3 is 10.1 Å². The molecule has 1 aromatic carbocycles. The van der Waals surface area contributed by atoms with Crippen molar-refractivity contribution in [2.45, 2.75) is 13.5 Å². The topological polar surface area (TPSA) is 59.9 Å². The number of thiazole rings is 1. The van der Waals surface area contributed by atoms with Gasteiger partial charge in [0.05, 0.1) is 11.2 Å². The number of hydrogen-bond donors (Lipinski definition) is 1. The molecule has 3 heterocycles. The van der Waals surface area contributed by atoms with Crippen LogP contribution in [0.25, 0.3) is 10.9 Å². The molecule has 0 radical (unpaired) electrons. The summed E-state index contributed by atoms with van der Waals surface area (Å²) in [7, 11) is 0. The maximum Gasteiger partial charge on any atom is 0.188 e. The number of rotatable bonds is 5. The summed E-state index contributed by atoms with van der Waals surface area (Å²) in [6.45, 7) is 2.39. The fourth-order valence-electron chi connectivity index (χ4n) is 2.55. The fourth-order valence-corrected chi connectivity index (χ4v) is 3.24. The number of hydrogen-bond acceptors (Lipinski definition) is 6. The Labute approximate surface area is 173 Å². The standard InChI is InChI=1S/C19H16N4OS.2ClH/c1-13-12-25-19(22-13)23-18-16(8-4-10-21-18)24-11-15-6-2-5-14-7-3-9-20-17(14)15;;/h2-10,12H,11H2,1H3,(H,21,22,23);2*1H. The van der Waals surface area contributed by atoms with E-state index in [9.17, 15) is 0 Å². The molecule has 0 aliphatic heterocycles. The van der Waals surface area contributed by atoms with E-state index in [1.165, 1.54) is 0 Å². The van der Waals surface area contributed by atoms with Gasteiger partial charge in [-0.2, -0.15) is 0 Å². The van der Waals surface area contributed by atoms with Gasteiger partial charge in [-0.3, -0.25) is 4.98 Å². The molecule has 8 heteroatoms. The van der Waals surface area contributed by atoms with Gasteiger partial charge in [-0.15, -0.1) is 36.2 Å². The summed E-state index contributed by atoms with van der Waals surface area (Å²) in [5, 5.41) is 7.12. The Balaban J connectivity index is 0.00000131. The van der Waals surface area contributed by atoms with Gasteiger partial charge in [0.25, 0.3) is 0 Å². The van der Waals surface area contributed by atoms with Crippen LogP contribution < -0.4 is 10.1 Å². The van der Waals surface area contributed by atoms with Gasteiger partial charge in [0.2, 0.25) is 0 Å². The van der Waals surface area contributed by atoms with Crippen molar-refractivity contribution in [3.63, 3.8) is 0 Å². The molecule has 4 aromatic rings. The maximum atomic E-state index is 6.02. The molecular weight excluding hydrogens is 403 g/mol. The van der Waals surface area contributed by atoms with Crippen LogP contribution in [0.15, 0.2) is 60.2 Å². The van der Waals surface area contributed by atoms with E-state index in [1.54, 1.807) is 23.7 Å². The summed E-state index contributed by atoms with van der Waals surface area (Å²) in [6.07, 6.45) is 3.53. The molecule has 0 bridgehead atoms. The van der Waals surface area contributed by atoms with Crippen molar-refractivity contribution in [1.82, 2.24) is 15.0 Å².